The van der Waals surface area contributed by atoms with Gasteiger partial charge in [-0.25, -0.2) is 9.59 Å². The van der Waals surface area contributed by atoms with E-state index in [0.717, 1.165) is 19.3 Å². The van der Waals surface area contributed by atoms with Gasteiger partial charge in [-0.3, -0.25) is 0 Å². The molecule has 0 aromatic heterocycles. The first-order valence-corrected chi connectivity index (χ1v) is 6.76. The number of aliphatic hydroxyl groups is 2. The monoisotopic (exact) mass is 293 g/mol. The van der Waals surface area contributed by atoms with Crippen LogP contribution < -0.4 is 5.73 Å². The van der Waals surface area contributed by atoms with Crippen LogP contribution in [0.15, 0.2) is 0 Å². The van der Waals surface area contributed by atoms with Gasteiger partial charge in [0.2, 0.25) is 0 Å². The average molecular weight is 293 g/mol. The molecule has 0 spiro atoms. The van der Waals surface area contributed by atoms with Gasteiger partial charge in [-0.1, -0.05) is 33.6 Å². The van der Waals surface area contributed by atoms with Crippen molar-refractivity contribution in [3.05, 3.63) is 0 Å². The van der Waals surface area contributed by atoms with E-state index in [1.54, 1.807) is 6.92 Å². The predicted molar refractivity (Wildman–Crippen MR) is 74.2 cm³/mol. The molecule has 0 amide bonds. The van der Waals surface area contributed by atoms with E-state index in [1.165, 1.54) is 0 Å². The molecule has 0 aromatic rings. The minimum Gasteiger partial charge on any atom is -0.479 e. The van der Waals surface area contributed by atoms with Crippen LogP contribution >= 0.6 is 0 Å². The zero-order valence-corrected chi connectivity index (χ0v) is 12.3. The van der Waals surface area contributed by atoms with Gasteiger partial charge in [0, 0.05) is 6.04 Å². The quantitative estimate of drug-likeness (QED) is 0.437. The SMILES string of the molecule is CCCC(C)C(O)C(=O)O.CCCC(N)C(O)C(=O)O. The Morgan fingerprint density at radius 3 is 1.65 bits per heavy atom. The minimum absolute atomic E-state index is 0.137. The van der Waals surface area contributed by atoms with E-state index in [2.05, 4.69) is 0 Å². The van der Waals surface area contributed by atoms with Gasteiger partial charge in [-0.2, -0.15) is 0 Å². The van der Waals surface area contributed by atoms with Gasteiger partial charge in [0.15, 0.2) is 12.2 Å². The summed E-state index contributed by atoms with van der Waals surface area (Å²) < 4.78 is 0. The maximum Gasteiger partial charge on any atom is 0.334 e. The fraction of sp³-hybridized carbons (Fsp3) is 0.846. The molecule has 0 fully saturated rings. The number of carboxylic acid groups (broad SMARTS) is 2. The van der Waals surface area contributed by atoms with Crippen LogP contribution in [-0.4, -0.2) is 50.6 Å². The molecule has 0 saturated heterocycles. The molecule has 0 saturated carbocycles. The van der Waals surface area contributed by atoms with E-state index in [9.17, 15) is 9.59 Å². The summed E-state index contributed by atoms with van der Waals surface area (Å²) in [5.74, 6) is -2.51. The maximum atomic E-state index is 10.2. The Morgan fingerprint density at radius 2 is 1.35 bits per heavy atom. The summed E-state index contributed by atoms with van der Waals surface area (Å²) in [7, 11) is 0. The molecular weight excluding hydrogens is 266 g/mol. The zero-order valence-electron chi connectivity index (χ0n) is 12.3. The number of aliphatic hydroxyl groups excluding tert-OH is 2. The highest BCUT2D eigenvalue weighted by Gasteiger charge is 2.20. The molecule has 7 heteroatoms. The first-order chi connectivity index (χ1) is 9.18. The normalized spacial score (nSPS) is 16.3. The third-order valence-corrected chi connectivity index (χ3v) is 2.82. The highest BCUT2D eigenvalue weighted by molar-refractivity contribution is 5.72. The topological polar surface area (TPSA) is 141 Å². The van der Waals surface area contributed by atoms with Gasteiger partial charge in [-0.05, 0) is 18.8 Å². The average Bonchev–Trinajstić information content (AvgIpc) is 2.37. The molecule has 6 N–H and O–H groups in total. The second-order valence-corrected chi connectivity index (χ2v) is 4.78. The summed E-state index contributed by atoms with van der Waals surface area (Å²) in [5.41, 5.74) is 5.30. The smallest absolute Gasteiger partial charge is 0.334 e. The van der Waals surface area contributed by atoms with Crippen LogP contribution in [0.5, 0.6) is 0 Å². The Balaban J connectivity index is 0. The number of hydrogen-bond donors (Lipinski definition) is 5. The van der Waals surface area contributed by atoms with Crippen molar-refractivity contribution in [2.75, 3.05) is 0 Å². The van der Waals surface area contributed by atoms with Crippen LogP contribution in [-0.2, 0) is 9.59 Å². The lowest BCUT2D eigenvalue weighted by Gasteiger charge is -2.12. The Labute approximate surface area is 119 Å². The second-order valence-electron chi connectivity index (χ2n) is 4.78. The summed E-state index contributed by atoms with van der Waals surface area (Å²) in [6.45, 7) is 5.59. The molecule has 7 nitrogen and oxygen atoms in total. The van der Waals surface area contributed by atoms with Crippen LogP contribution in [0.3, 0.4) is 0 Å². The van der Waals surface area contributed by atoms with Crippen LogP contribution in [0.1, 0.15) is 46.5 Å². The highest BCUT2D eigenvalue weighted by Crippen LogP contribution is 2.09. The standard InChI is InChI=1S/C7H14O3.C6H13NO3/c1-3-4-5(2)6(8)7(9)10;1-2-3-4(7)5(8)6(9)10/h5-6,8H,3-4H2,1-2H3,(H,9,10);4-5,8H,2-3,7H2,1H3,(H,9,10). The second kappa shape index (κ2) is 11.6. The third-order valence-electron chi connectivity index (χ3n) is 2.82. The summed E-state index contributed by atoms with van der Waals surface area (Å²) in [5, 5.41) is 34.3. The zero-order chi connectivity index (χ0) is 16.3. The van der Waals surface area contributed by atoms with Crippen molar-refractivity contribution in [2.24, 2.45) is 11.7 Å². The Kier molecular flexibility index (Phi) is 12.3. The summed E-state index contributed by atoms with van der Waals surface area (Å²) in [6, 6.07) is -0.637. The first kappa shape index (κ1) is 21.1. The van der Waals surface area contributed by atoms with Crippen molar-refractivity contribution < 1.29 is 30.0 Å². The Hall–Kier alpha value is -1.18. The first-order valence-electron chi connectivity index (χ1n) is 6.76. The van der Waals surface area contributed by atoms with Crippen molar-refractivity contribution in [1.29, 1.82) is 0 Å². The van der Waals surface area contributed by atoms with Crippen molar-refractivity contribution in [1.82, 2.24) is 0 Å². The van der Waals surface area contributed by atoms with Gasteiger partial charge >= 0.3 is 11.9 Å². The maximum absolute atomic E-state index is 10.2. The molecular formula is C13H27NO6. The third kappa shape index (κ3) is 9.71. The number of hydrogen-bond acceptors (Lipinski definition) is 5. The molecule has 0 aliphatic rings. The van der Waals surface area contributed by atoms with Crippen LogP contribution in [0.2, 0.25) is 0 Å². The highest BCUT2D eigenvalue weighted by atomic mass is 16.4. The van der Waals surface area contributed by atoms with Gasteiger partial charge < -0.3 is 26.2 Å². The van der Waals surface area contributed by atoms with E-state index in [0.29, 0.717) is 6.42 Å². The van der Waals surface area contributed by atoms with Gasteiger partial charge in [0.1, 0.15) is 0 Å². The van der Waals surface area contributed by atoms with Crippen LogP contribution in [0.25, 0.3) is 0 Å². The van der Waals surface area contributed by atoms with Crippen molar-refractivity contribution in [3.8, 4) is 0 Å². The number of rotatable bonds is 8. The lowest BCUT2D eigenvalue weighted by Crippen LogP contribution is -2.40. The number of carboxylic acids is 2. The number of nitrogens with two attached hydrogens (primary N) is 1. The molecule has 0 aliphatic heterocycles. The molecule has 0 radical (unpaired) electrons. The molecule has 4 atom stereocenters. The number of carbonyl (C=O) groups is 2. The van der Waals surface area contributed by atoms with E-state index in [1.807, 2.05) is 13.8 Å². The van der Waals surface area contributed by atoms with Gasteiger partial charge in [0.25, 0.3) is 0 Å². The van der Waals surface area contributed by atoms with E-state index < -0.39 is 30.2 Å². The Morgan fingerprint density at radius 1 is 0.950 bits per heavy atom. The summed E-state index contributed by atoms with van der Waals surface area (Å²) in [6.07, 6.45) is 0.373. The van der Waals surface area contributed by atoms with Crippen molar-refractivity contribution in [2.45, 2.75) is 64.7 Å². The molecule has 0 aliphatic carbocycles. The van der Waals surface area contributed by atoms with Crippen LogP contribution in [0.4, 0.5) is 0 Å². The van der Waals surface area contributed by atoms with E-state index >= 15 is 0 Å². The molecule has 120 valence electrons. The lowest BCUT2D eigenvalue weighted by molar-refractivity contribution is -0.149. The number of aliphatic carboxylic acids is 2. The Bertz CT molecular complexity index is 256. The molecule has 0 rings (SSSR count). The van der Waals surface area contributed by atoms with Gasteiger partial charge in [-0.15, -0.1) is 0 Å². The molecule has 4 unspecified atom stereocenters. The van der Waals surface area contributed by atoms with E-state index in [4.69, 9.17) is 26.2 Å². The van der Waals surface area contributed by atoms with Crippen molar-refractivity contribution in [3.63, 3.8) is 0 Å². The summed E-state index contributed by atoms with van der Waals surface area (Å²) >= 11 is 0. The summed E-state index contributed by atoms with van der Waals surface area (Å²) in [4.78, 5) is 20.3. The van der Waals surface area contributed by atoms with Crippen LogP contribution in [0, 0.1) is 5.92 Å². The van der Waals surface area contributed by atoms with Crippen molar-refractivity contribution >= 4 is 11.9 Å². The fourth-order valence-electron chi connectivity index (χ4n) is 1.53. The van der Waals surface area contributed by atoms with E-state index in [-0.39, 0.29) is 5.92 Å². The minimum atomic E-state index is -1.42. The largest absolute Gasteiger partial charge is 0.479 e. The molecule has 0 aromatic carbocycles. The fourth-order valence-corrected chi connectivity index (χ4v) is 1.53. The lowest BCUT2D eigenvalue weighted by atomic mass is 10.00. The molecule has 0 heterocycles. The predicted octanol–water partition coefficient (Wildman–Crippen LogP) is 0.427. The molecule has 20 heavy (non-hydrogen) atoms. The molecule has 0 bridgehead atoms. The van der Waals surface area contributed by atoms with Gasteiger partial charge in [0.05, 0.1) is 0 Å².